The molecule has 0 amide bonds. The molecule has 0 unspecified atom stereocenters. The molecular formula is C30H34BBrN4O6. The Morgan fingerprint density at radius 2 is 1.21 bits per heavy atom. The highest BCUT2D eigenvalue weighted by Gasteiger charge is 2.09. The molecule has 2 aromatic heterocycles. The van der Waals surface area contributed by atoms with Gasteiger partial charge in [-0.05, 0) is 63.1 Å². The van der Waals surface area contributed by atoms with E-state index in [9.17, 15) is 0 Å². The second-order valence-electron chi connectivity index (χ2n) is 8.43. The van der Waals surface area contributed by atoms with Gasteiger partial charge >= 0.3 is 19.4 Å². The molecule has 4 rings (SSSR count). The fraction of sp³-hybridized carbons (Fsp3) is 0.200. The number of nitrogens with two attached hydrogens (primary N) is 2. The van der Waals surface area contributed by atoms with Crippen LogP contribution in [0.25, 0.3) is 11.1 Å². The molecule has 12 heteroatoms. The zero-order chi connectivity index (χ0) is 31.8. The summed E-state index contributed by atoms with van der Waals surface area (Å²) in [4.78, 5) is 40.4. The maximum absolute atomic E-state index is 8.87. The van der Waals surface area contributed by atoms with E-state index in [1.54, 1.807) is 30.7 Å². The highest BCUT2D eigenvalue weighted by Crippen LogP contribution is 2.21. The van der Waals surface area contributed by atoms with Gasteiger partial charge < -0.3 is 21.5 Å². The van der Waals surface area contributed by atoms with Crippen LogP contribution in [0.5, 0.6) is 0 Å². The van der Waals surface area contributed by atoms with Crippen molar-refractivity contribution >= 4 is 52.2 Å². The Balaban J connectivity index is 0.000000571. The predicted molar refractivity (Wildman–Crippen MR) is 165 cm³/mol. The fourth-order valence-corrected chi connectivity index (χ4v) is 3.82. The van der Waals surface area contributed by atoms with E-state index in [-0.39, 0.29) is 12.3 Å². The number of rotatable bonds is 6. The lowest BCUT2D eigenvalue weighted by Gasteiger charge is -2.05. The Hall–Kier alpha value is -4.44. The molecule has 42 heavy (non-hydrogen) atoms. The maximum atomic E-state index is 8.87. The third-order valence-corrected chi connectivity index (χ3v) is 5.51. The van der Waals surface area contributed by atoms with Crippen molar-refractivity contribution in [2.45, 2.75) is 39.5 Å². The number of aromatic nitrogens is 2. The largest absolute Gasteiger partial charge is 0.488 e. The Bertz CT molecular complexity index is 1370. The Morgan fingerprint density at radius 1 is 0.714 bits per heavy atom. The van der Waals surface area contributed by atoms with Crippen molar-refractivity contribution in [2.75, 3.05) is 11.5 Å². The zero-order valence-electron chi connectivity index (χ0n) is 23.4. The zero-order valence-corrected chi connectivity index (χ0v) is 25.0. The van der Waals surface area contributed by atoms with Gasteiger partial charge in [0, 0.05) is 34.8 Å². The molecular weight excluding hydrogens is 603 g/mol. The van der Waals surface area contributed by atoms with Crippen LogP contribution in [0.15, 0.2) is 89.9 Å². The van der Waals surface area contributed by atoms with Gasteiger partial charge in [-0.2, -0.15) is 19.2 Å². The highest BCUT2D eigenvalue weighted by molar-refractivity contribution is 9.10. The first kappa shape index (κ1) is 37.6. The van der Waals surface area contributed by atoms with Crippen molar-refractivity contribution in [1.82, 2.24) is 9.97 Å². The molecule has 2 aromatic carbocycles. The number of hydrogen-bond donors (Lipinski definition) is 4. The molecule has 2 heterocycles. The highest BCUT2D eigenvalue weighted by atomic mass is 79.9. The second kappa shape index (κ2) is 23.3. The van der Waals surface area contributed by atoms with Crippen molar-refractivity contribution in [1.29, 1.82) is 0 Å². The molecule has 0 atom stereocenters. The average molecular weight is 637 g/mol. The lowest BCUT2D eigenvalue weighted by molar-refractivity contribution is -0.193. The molecule has 0 saturated carbocycles. The molecule has 0 aliphatic carbocycles. The number of nitrogens with zero attached hydrogens (tertiary/aromatic N) is 2. The van der Waals surface area contributed by atoms with E-state index in [0.29, 0.717) is 16.8 Å². The summed E-state index contributed by atoms with van der Waals surface area (Å²) in [5.74, 6) is 0. The summed E-state index contributed by atoms with van der Waals surface area (Å²) < 4.78 is 0.914. The lowest BCUT2D eigenvalue weighted by Crippen LogP contribution is -2.29. The summed E-state index contributed by atoms with van der Waals surface area (Å²) in [7, 11) is -1.35. The van der Waals surface area contributed by atoms with Crippen molar-refractivity contribution < 1.29 is 29.2 Å². The van der Waals surface area contributed by atoms with Gasteiger partial charge in [-0.1, -0.05) is 75.2 Å². The first-order valence-corrected chi connectivity index (χ1v) is 13.5. The van der Waals surface area contributed by atoms with Crippen LogP contribution in [0, 0.1) is 0 Å². The van der Waals surface area contributed by atoms with Crippen molar-refractivity contribution in [3.63, 3.8) is 0 Å². The lowest BCUT2D eigenvalue weighted by atomic mass is 9.79. The molecule has 10 nitrogen and oxygen atoms in total. The van der Waals surface area contributed by atoms with Gasteiger partial charge in [-0.3, -0.25) is 9.97 Å². The van der Waals surface area contributed by atoms with Gasteiger partial charge in [-0.25, -0.2) is 0 Å². The molecule has 0 fully saturated rings. The topological polar surface area (TPSA) is 187 Å². The predicted octanol–water partition coefficient (Wildman–Crippen LogP) is 3.86. The quantitative estimate of drug-likeness (QED) is 0.226. The second-order valence-corrected chi connectivity index (χ2v) is 9.34. The number of anilines is 2. The summed E-state index contributed by atoms with van der Waals surface area (Å²) in [6, 6.07) is 19.7. The number of halogens is 1. The fourth-order valence-electron chi connectivity index (χ4n) is 3.44. The molecule has 0 bridgehead atoms. The van der Waals surface area contributed by atoms with E-state index >= 15 is 0 Å². The minimum absolute atomic E-state index is 0.250. The van der Waals surface area contributed by atoms with Crippen LogP contribution in [0.2, 0.25) is 0 Å². The average Bonchev–Trinajstić information content (AvgIpc) is 2.95. The summed E-state index contributed by atoms with van der Waals surface area (Å²) in [5, 5.41) is 17.7. The minimum Gasteiger partial charge on any atom is -0.423 e. The molecule has 0 aliphatic rings. The molecule has 0 aliphatic heterocycles. The molecule has 220 valence electrons. The number of aryl methyl sites for hydroxylation is 2. The van der Waals surface area contributed by atoms with Gasteiger partial charge in [-0.15, -0.1) is 0 Å². The van der Waals surface area contributed by atoms with Gasteiger partial charge in [0.25, 0.3) is 0 Å². The Kier molecular flexibility index (Phi) is 20.8. The number of nitrogen functional groups attached to an aromatic ring is 2. The minimum atomic E-state index is -1.35. The van der Waals surface area contributed by atoms with E-state index in [1.165, 1.54) is 17.5 Å². The molecule has 0 saturated heterocycles. The number of carbonyl (C=O) groups excluding carboxylic acids is 4. The Morgan fingerprint density at radius 3 is 1.67 bits per heavy atom. The standard InChI is InChI=1S/C14H16N2.C9H13BO2.C5H5BrN2.2CO2/c1-2-4-11-5-3-6-12(7-11)13-8-14(15)10-16-9-13;1-2-4-8-5-3-6-9(7-8)10(11)12;6-4-1-5(7)3-8-2-4;2*2-1-3/h3,5-10H,2,4,15H2,1H3;3,5-7,11-12H,2,4H2,1H3;1-3H,7H2;;. The first-order valence-electron chi connectivity index (χ1n) is 12.7. The van der Waals surface area contributed by atoms with Crippen LogP contribution in [-0.2, 0) is 32.0 Å². The summed E-state index contributed by atoms with van der Waals surface area (Å²) >= 11 is 3.22. The van der Waals surface area contributed by atoms with Crippen molar-refractivity contribution in [3.8, 4) is 11.1 Å². The smallest absolute Gasteiger partial charge is 0.423 e. The van der Waals surface area contributed by atoms with Crippen molar-refractivity contribution in [3.05, 3.63) is 101 Å². The Labute approximate surface area is 254 Å². The third kappa shape index (κ3) is 17.3. The SMILES string of the molecule is CCCc1cccc(-c2cncc(N)c2)c1.CCCc1cccc(B(O)O)c1.Nc1cncc(Br)c1.O=C=O.O=C=O. The van der Waals surface area contributed by atoms with Crippen LogP contribution in [0.4, 0.5) is 11.4 Å². The van der Waals surface area contributed by atoms with E-state index in [4.69, 9.17) is 40.7 Å². The van der Waals surface area contributed by atoms with Gasteiger partial charge in [0.1, 0.15) is 0 Å². The van der Waals surface area contributed by atoms with Gasteiger partial charge in [0.2, 0.25) is 0 Å². The maximum Gasteiger partial charge on any atom is 0.488 e. The monoisotopic (exact) mass is 636 g/mol. The van der Waals surface area contributed by atoms with Crippen molar-refractivity contribution in [2.24, 2.45) is 0 Å². The third-order valence-electron chi connectivity index (χ3n) is 5.07. The molecule has 0 radical (unpaired) electrons. The van der Waals surface area contributed by atoms with E-state index < -0.39 is 7.12 Å². The van der Waals surface area contributed by atoms with E-state index in [2.05, 4.69) is 64.0 Å². The van der Waals surface area contributed by atoms with Gasteiger partial charge in [0.15, 0.2) is 0 Å². The summed E-state index contributed by atoms with van der Waals surface area (Å²) in [6.07, 6.45) is 11.6. The number of hydrogen-bond acceptors (Lipinski definition) is 10. The van der Waals surface area contributed by atoms with E-state index in [0.717, 1.165) is 34.9 Å². The number of benzene rings is 2. The van der Waals surface area contributed by atoms with Crippen LogP contribution >= 0.6 is 15.9 Å². The molecule has 4 aromatic rings. The molecule has 6 N–H and O–H groups in total. The first-order chi connectivity index (χ1) is 20.1. The van der Waals surface area contributed by atoms with Crippen LogP contribution in [0.1, 0.15) is 37.8 Å². The van der Waals surface area contributed by atoms with Crippen LogP contribution < -0.4 is 16.9 Å². The summed E-state index contributed by atoms with van der Waals surface area (Å²) in [6.45, 7) is 4.29. The number of pyridine rings is 2. The van der Waals surface area contributed by atoms with E-state index in [1.807, 2.05) is 30.5 Å². The summed E-state index contributed by atoms with van der Waals surface area (Å²) in [5.41, 5.74) is 17.8. The van der Waals surface area contributed by atoms with Crippen LogP contribution in [0.3, 0.4) is 0 Å². The van der Waals surface area contributed by atoms with Gasteiger partial charge in [0.05, 0.1) is 11.4 Å². The molecule has 0 spiro atoms. The van der Waals surface area contributed by atoms with Crippen LogP contribution in [-0.4, -0.2) is 39.4 Å². The normalized spacial score (nSPS) is 8.88.